The summed E-state index contributed by atoms with van der Waals surface area (Å²) in [6, 6.07) is 8.51. The number of anilines is 2. The van der Waals surface area contributed by atoms with Crippen molar-refractivity contribution in [3.05, 3.63) is 71.2 Å². The Balaban J connectivity index is 1.42. The number of alkyl halides is 3. The highest BCUT2D eigenvalue weighted by molar-refractivity contribution is 6.05. The van der Waals surface area contributed by atoms with Gasteiger partial charge in [0.1, 0.15) is 5.69 Å². The van der Waals surface area contributed by atoms with E-state index in [4.69, 9.17) is 0 Å². The fraction of sp³-hybridized carbons (Fsp3) is 0.333. The Morgan fingerprint density at radius 3 is 2.51 bits per heavy atom. The van der Waals surface area contributed by atoms with Gasteiger partial charge in [0, 0.05) is 48.3 Å². The molecule has 1 fully saturated rings. The molecule has 0 bridgehead atoms. The number of nitrogens with one attached hydrogen (secondary N) is 1. The maximum atomic E-state index is 13.7. The first-order chi connectivity index (χ1) is 18.5. The van der Waals surface area contributed by atoms with Crippen molar-refractivity contribution in [2.24, 2.45) is 7.05 Å². The zero-order valence-corrected chi connectivity index (χ0v) is 21.7. The molecular weight excluding hydrogens is 511 g/mol. The summed E-state index contributed by atoms with van der Waals surface area (Å²) in [4.78, 5) is 15.0. The first kappa shape index (κ1) is 26.4. The van der Waals surface area contributed by atoms with Gasteiger partial charge in [-0.3, -0.25) is 9.48 Å². The minimum atomic E-state index is -4.58. The van der Waals surface area contributed by atoms with Crippen molar-refractivity contribution in [3.63, 3.8) is 0 Å². The second kappa shape index (κ2) is 10.2. The zero-order valence-electron chi connectivity index (χ0n) is 21.7. The molecule has 0 saturated carbocycles. The lowest BCUT2D eigenvalue weighted by Gasteiger charge is -2.32. The third-order valence-electron chi connectivity index (χ3n) is 7.06. The fourth-order valence-corrected chi connectivity index (χ4v) is 4.61. The minimum absolute atomic E-state index is 0.0353. The lowest BCUT2D eigenvalue weighted by molar-refractivity contribution is -0.137. The van der Waals surface area contributed by atoms with Gasteiger partial charge in [-0.15, -0.1) is 5.10 Å². The zero-order chi connectivity index (χ0) is 27.9. The second-order valence-corrected chi connectivity index (χ2v) is 9.76. The summed E-state index contributed by atoms with van der Waals surface area (Å²) >= 11 is 0. The summed E-state index contributed by atoms with van der Waals surface area (Å²) in [5.41, 5.74) is 3.60. The van der Waals surface area contributed by atoms with Gasteiger partial charge in [-0.2, -0.15) is 18.3 Å². The Labute approximate surface area is 222 Å². The molecule has 0 unspecified atom stereocenters. The number of carbonyl (C=O) groups is 1. The Hall–Kier alpha value is -4.19. The quantitative estimate of drug-likeness (QED) is 0.387. The van der Waals surface area contributed by atoms with Crippen LogP contribution in [0.4, 0.5) is 24.5 Å². The van der Waals surface area contributed by atoms with Crippen molar-refractivity contribution in [2.45, 2.75) is 39.0 Å². The maximum absolute atomic E-state index is 13.7. The molecule has 1 aliphatic heterocycles. The molecule has 2 N–H and O–H groups in total. The van der Waals surface area contributed by atoms with Crippen LogP contribution in [0.5, 0.6) is 0 Å². The first-order valence-corrected chi connectivity index (χ1v) is 12.5. The lowest BCUT2D eigenvalue weighted by Crippen LogP contribution is -2.36. The van der Waals surface area contributed by atoms with Crippen LogP contribution < -0.4 is 10.2 Å². The van der Waals surface area contributed by atoms with E-state index in [0.29, 0.717) is 43.0 Å². The average molecular weight is 540 g/mol. The number of hydrogen-bond acceptors (Lipinski definition) is 6. The topological polar surface area (TPSA) is 101 Å². The van der Waals surface area contributed by atoms with Gasteiger partial charge in [-0.25, -0.2) is 4.68 Å². The molecule has 4 aromatic rings. The molecule has 1 aliphatic rings. The molecule has 0 atom stereocenters. The summed E-state index contributed by atoms with van der Waals surface area (Å²) in [5.74, 6) is -0.556. The average Bonchev–Trinajstić information content (AvgIpc) is 3.50. The van der Waals surface area contributed by atoms with E-state index in [1.807, 2.05) is 20.9 Å². The van der Waals surface area contributed by atoms with E-state index in [2.05, 4.69) is 20.7 Å². The normalized spacial score (nSPS) is 14.6. The first-order valence-electron chi connectivity index (χ1n) is 12.5. The van der Waals surface area contributed by atoms with Gasteiger partial charge in [-0.05, 0) is 62.6 Å². The molecule has 2 aromatic carbocycles. The number of nitrogens with zero attached hydrogens (tertiary/aromatic N) is 6. The van der Waals surface area contributed by atoms with Crippen molar-refractivity contribution in [2.75, 3.05) is 23.3 Å². The van der Waals surface area contributed by atoms with Gasteiger partial charge in [0.05, 0.1) is 29.7 Å². The monoisotopic (exact) mass is 539 g/mol. The molecular formula is C27H28F3N7O2. The number of halogens is 3. The van der Waals surface area contributed by atoms with Gasteiger partial charge in [0.15, 0.2) is 0 Å². The number of aliphatic hydroxyl groups is 1. The number of aliphatic hydroxyl groups excluding tert-OH is 1. The van der Waals surface area contributed by atoms with E-state index in [-0.39, 0.29) is 11.3 Å². The SMILES string of the molecule is Cc1ccc(C(=O)Nc2cc(N3CCC(O)CC3)cc(C(F)(F)F)c2)cc1-n1cc(-c2cnn(C)c2C)nn1. The third-order valence-corrected chi connectivity index (χ3v) is 7.06. The molecule has 0 aliphatic carbocycles. The summed E-state index contributed by atoms with van der Waals surface area (Å²) in [5, 5.41) is 25.1. The van der Waals surface area contributed by atoms with Crippen molar-refractivity contribution in [1.29, 1.82) is 0 Å². The largest absolute Gasteiger partial charge is 0.416 e. The van der Waals surface area contributed by atoms with Gasteiger partial charge < -0.3 is 15.3 Å². The molecule has 1 amide bonds. The number of amides is 1. The van der Waals surface area contributed by atoms with Crippen LogP contribution in [0.2, 0.25) is 0 Å². The molecule has 0 radical (unpaired) electrons. The molecule has 2 aromatic heterocycles. The van der Waals surface area contributed by atoms with Crippen LogP contribution in [0, 0.1) is 13.8 Å². The van der Waals surface area contributed by atoms with Crippen LogP contribution in [0.15, 0.2) is 48.8 Å². The highest BCUT2D eigenvalue weighted by Gasteiger charge is 2.32. The Morgan fingerprint density at radius 2 is 1.85 bits per heavy atom. The van der Waals surface area contributed by atoms with Crippen LogP contribution in [0.1, 0.15) is 40.0 Å². The van der Waals surface area contributed by atoms with Crippen molar-refractivity contribution >= 4 is 17.3 Å². The number of carbonyl (C=O) groups excluding carboxylic acids is 1. The van der Waals surface area contributed by atoms with E-state index in [0.717, 1.165) is 29.0 Å². The van der Waals surface area contributed by atoms with Gasteiger partial charge in [0.2, 0.25) is 0 Å². The number of aromatic nitrogens is 5. The standard InChI is InChI=1S/C27H28F3N7O2/c1-16-4-5-18(10-25(16)37-15-24(33-34-37)23-14-31-35(3)17(23)2)26(39)32-20-11-19(27(28,29)30)12-21(13-20)36-8-6-22(38)7-9-36/h4-5,10-15,22,38H,6-9H2,1-3H3,(H,32,39). The second-order valence-electron chi connectivity index (χ2n) is 9.76. The maximum Gasteiger partial charge on any atom is 0.416 e. The molecule has 5 rings (SSSR count). The Kier molecular flexibility index (Phi) is 6.89. The Bertz CT molecular complexity index is 1520. The molecule has 1 saturated heterocycles. The lowest BCUT2D eigenvalue weighted by atomic mass is 10.1. The van der Waals surface area contributed by atoms with Crippen LogP contribution in [-0.2, 0) is 13.2 Å². The number of piperidine rings is 1. The summed E-state index contributed by atoms with van der Waals surface area (Å²) < 4.78 is 44.3. The molecule has 9 nitrogen and oxygen atoms in total. The van der Waals surface area contributed by atoms with Crippen molar-refractivity contribution in [3.8, 4) is 16.9 Å². The highest BCUT2D eigenvalue weighted by Crippen LogP contribution is 2.35. The summed E-state index contributed by atoms with van der Waals surface area (Å²) in [6.45, 7) is 4.64. The number of aryl methyl sites for hydroxylation is 2. The molecule has 39 heavy (non-hydrogen) atoms. The fourth-order valence-electron chi connectivity index (χ4n) is 4.61. The number of rotatable bonds is 5. The molecule has 3 heterocycles. The van der Waals surface area contributed by atoms with Crippen LogP contribution in [0.25, 0.3) is 16.9 Å². The van der Waals surface area contributed by atoms with E-state index >= 15 is 0 Å². The van der Waals surface area contributed by atoms with Crippen molar-refractivity contribution in [1.82, 2.24) is 24.8 Å². The number of benzene rings is 2. The van der Waals surface area contributed by atoms with Crippen LogP contribution >= 0.6 is 0 Å². The smallest absolute Gasteiger partial charge is 0.393 e. The van der Waals surface area contributed by atoms with E-state index < -0.39 is 23.8 Å². The predicted molar refractivity (Wildman–Crippen MR) is 140 cm³/mol. The minimum Gasteiger partial charge on any atom is -0.393 e. The van der Waals surface area contributed by atoms with Gasteiger partial charge >= 0.3 is 6.18 Å². The Morgan fingerprint density at radius 1 is 1.10 bits per heavy atom. The van der Waals surface area contributed by atoms with E-state index in [1.165, 1.54) is 6.07 Å². The van der Waals surface area contributed by atoms with Crippen LogP contribution in [-0.4, -0.2) is 55.0 Å². The van der Waals surface area contributed by atoms with Crippen LogP contribution in [0.3, 0.4) is 0 Å². The highest BCUT2D eigenvalue weighted by atomic mass is 19.4. The van der Waals surface area contributed by atoms with E-state index in [1.54, 1.807) is 44.9 Å². The van der Waals surface area contributed by atoms with Crippen molar-refractivity contribution < 1.29 is 23.1 Å². The van der Waals surface area contributed by atoms with E-state index in [9.17, 15) is 23.1 Å². The molecule has 12 heteroatoms. The molecule has 204 valence electrons. The summed E-state index contributed by atoms with van der Waals surface area (Å²) in [6.07, 6.45) is -0.669. The summed E-state index contributed by atoms with van der Waals surface area (Å²) in [7, 11) is 1.83. The van der Waals surface area contributed by atoms with Gasteiger partial charge in [0.25, 0.3) is 5.91 Å². The number of hydrogen-bond donors (Lipinski definition) is 2. The predicted octanol–water partition coefficient (Wildman–Crippen LogP) is 4.52. The third kappa shape index (κ3) is 5.51. The van der Waals surface area contributed by atoms with Gasteiger partial charge in [-0.1, -0.05) is 11.3 Å². The molecule has 0 spiro atoms.